The van der Waals surface area contributed by atoms with Crippen molar-refractivity contribution >= 4 is 17.5 Å². The highest BCUT2D eigenvalue weighted by atomic mass is 16.2. The van der Waals surface area contributed by atoms with Gasteiger partial charge in [-0.05, 0) is 12.8 Å². The van der Waals surface area contributed by atoms with E-state index in [1.54, 1.807) is 12.5 Å². The van der Waals surface area contributed by atoms with Gasteiger partial charge < -0.3 is 9.88 Å². The average molecular weight is 263 g/mol. The Bertz CT molecular complexity index is 466. The second kappa shape index (κ2) is 6.67. The highest BCUT2D eigenvalue weighted by molar-refractivity contribution is 6.39. The fourth-order valence-electron chi connectivity index (χ4n) is 1.78. The van der Waals surface area contributed by atoms with E-state index < -0.39 is 0 Å². The lowest BCUT2D eigenvalue weighted by Gasteiger charge is -2.11. The van der Waals surface area contributed by atoms with E-state index in [0.717, 1.165) is 19.4 Å². The van der Waals surface area contributed by atoms with E-state index in [-0.39, 0.29) is 11.8 Å². The first kappa shape index (κ1) is 13.3. The topological polar surface area (TPSA) is 88.4 Å². The van der Waals surface area contributed by atoms with Crippen molar-refractivity contribution in [2.75, 3.05) is 6.54 Å². The molecule has 0 radical (unpaired) electrons. The number of imidazole rings is 1. The zero-order valence-corrected chi connectivity index (χ0v) is 10.6. The third kappa shape index (κ3) is 4.20. The lowest BCUT2D eigenvalue weighted by atomic mass is 10.1. The maximum atomic E-state index is 11.7. The van der Waals surface area contributed by atoms with E-state index in [2.05, 4.69) is 20.8 Å². The highest BCUT2D eigenvalue weighted by Gasteiger charge is 2.17. The van der Waals surface area contributed by atoms with Crippen LogP contribution >= 0.6 is 0 Å². The van der Waals surface area contributed by atoms with Crippen molar-refractivity contribution in [1.82, 2.24) is 20.3 Å². The number of aromatic nitrogens is 2. The molecule has 0 aliphatic carbocycles. The first-order valence-electron chi connectivity index (χ1n) is 6.35. The van der Waals surface area contributed by atoms with Gasteiger partial charge in [-0.25, -0.2) is 10.4 Å². The largest absolute Gasteiger partial charge is 0.351 e. The molecule has 0 saturated carbocycles. The maximum absolute atomic E-state index is 11.7. The zero-order chi connectivity index (χ0) is 13.5. The Morgan fingerprint density at radius 3 is 3.00 bits per heavy atom. The van der Waals surface area contributed by atoms with Gasteiger partial charge in [-0.1, -0.05) is 0 Å². The van der Waals surface area contributed by atoms with E-state index in [0.29, 0.717) is 25.1 Å². The summed E-state index contributed by atoms with van der Waals surface area (Å²) < 4.78 is 2.00. The molecule has 7 heteroatoms. The molecule has 0 bridgehead atoms. The molecule has 1 aromatic rings. The molecular weight excluding hydrogens is 246 g/mol. The standard InChI is InChI=1S/C12H17N5O2/c18-11-4-3-10(15-16-11)12(19)14-5-1-2-7-17-8-6-13-9-17/h6,8-9H,1-5,7H2,(H,14,19)(H,16,18). The minimum Gasteiger partial charge on any atom is -0.351 e. The molecule has 2 heterocycles. The number of hydrogen-bond donors (Lipinski definition) is 2. The second-order valence-electron chi connectivity index (χ2n) is 4.36. The van der Waals surface area contributed by atoms with E-state index in [1.807, 2.05) is 10.8 Å². The van der Waals surface area contributed by atoms with Gasteiger partial charge in [-0.3, -0.25) is 9.59 Å². The number of nitrogens with one attached hydrogen (secondary N) is 2. The third-order valence-corrected chi connectivity index (χ3v) is 2.85. The van der Waals surface area contributed by atoms with Gasteiger partial charge in [-0.2, -0.15) is 5.10 Å². The summed E-state index contributed by atoms with van der Waals surface area (Å²) in [5.74, 6) is -0.334. The van der Waals surface area contributed by atoms with Gasteiger partial charge in [0.15, 0.2) is 0 Å². The highest BCUT2D eigenvalue weighted by Crippen LogP contribution is 2.00. The second-order valence-corrected chi connectivity index (χ2v) is 4.36. The summed E-state index contributed by atoms with van der Waals surface area (Å²) in [7, 11) is 0. The number of aryl methyl sites for hydroxylation is 1. The Morgan fingerprint density at radius 2 is 2.32 bits per heavy atom. The molecule has 0 spiro atoms. The summed E-state index contributed by atoms with van der Waals surface area (Å²) in [4.78, 5) is 26.5. The Hall–Kier alpha value is -2.18. The number of carbonyl (C=O) groups is 2. The number of hydrogen-bond acceptors (Lipinski definition) is 4. The molecule has 2 N–H and O–H groups in total. The van der Waals surface area contributed by atoms with Gasteiger partial charge in [0.2, 0.25) is 5.91 Å². The van der Waals surface area contributed by atoms with Crippen LogP contribution in [0.5, 0.6) is 0 Å². The van der Waals surface area contributed by atoms with Crippen molar-refractivity contribution in [3.05, 3.63) is 18.7 Å². The minimum absolute atomic E-state index is 0.142. The Kier molecular flexibility index (Phi) is 4.66. The van der Waals surface area contributed by atoms with Crippen LogP contribution in [0.2, 0.25) is 0 Å². The summed E-state index contributed by atoms with van der Waals surface area (Å²) in [6.45, 7) is 1.51. The van der Waals surface area contributed by atoms with Crippen LogP contribution in [0.4, 0.5) is 0 Å². The first-order chi connectivity index (χ1) is 9.25. The van der Waals surface area contributed by atoms with Crippen LogP contribution < -0.4 is 10.7 Å². The Labute approximate surface area is 111 Å². The molecule has 1 aliphatic rings. The fourth-order valence-corrected chi connectivity index (χ4v) is 1.78. The predicted octanol–water partition coefficient (Wildman–Crippen LogP) is 0.0455. The summed E-state index contributed by atoms with van der Waals surface area (Å²) in [6, 6.07) is 0. The molecule has 2 amide bonds. The van der Waals surface area contributed by atoms with Gasteiger partial charge in [0.25, 0.3) is 5.91 Å². The number of carbonyl (C=O) groups excluding carboxylic acids is 2. The normalized spacial score (nSPS) is 14.7. The molecule has 102 valence electrons. The van der Waals surface area contributed by atoms with Crippen LogP contribution in [0, 0.1) is 0 Å². The van der Waals surface area contributed by atoms with Crippen molar-refractivity contribution in [2.45, 2.75) is 32.2 Å². The van der Waals surface area contributed by atoms with E-state index in [9.17, 15) is 9.59 Å². The summed E-state index contributed by atoms with van der Waals surface area (Å²) in [6.07, 6.45) is 8.04. The third-order valence-electron chi connectivity index (χ3n) is 2.85. The molecule has 1 aromatic heterocycles. The van der Waals surface area contributed by atoms with Crippen LogP contribution in [0.25, 0.3) is 0 Å². The minimum atomic E-state index is -0.192. The van der Waals surface area contributed by atoms with Crippen molar-refractivity contribution in [3.63, 3.8) is 0 Å². The van der Waals surface area contributed by atoms with Crippen molar-refractivity contribution in [2.24, 2.45) is 5.10 Å². The monoisotopic (exact) mass is 263 g/mol. The van der Waals surface area contributed by atoms with Gasteiger partial charge in [0, 0.05) is 38.3 Å². The molecule has 1 aliphatic heterocycles. The Morgan fingerprint density at radius 1 is 1.42 bits per heavy atom. The van der Waals surface area contributed by atoms with Crippen LogP contribution in [-0.2, 0) is 16.1 Å². The number of unbranched alkanes of at least 4 members (excludes halogenated alkanes) is 1. The smallest absolute Gasteiger partial charge is 0.267 e. The summed E-state index contributed by atoms with van der Waals surface area (Å²) in [5, 5.41) is 6.54. The van der Waals surface area contributed by atoms with E-state index in [4.69, 9.17) is 0 Å². The quantitative estimate of drug-likeness (QED) is 0.710. The summed E-state index contributed by atoms with van der Waals surface area (Å²) in [5.41, 5.74) is 2.71. The average Bonchev–Trinajstić information content (AvgIpc) is 2.92. The molecule has 0 saturated heterocycles. The van der Waals surface area contributed by atoms with Crippen molar-refractivity contribution in [1.29, 1.82) is 0 Å². The van der Waals surface area contributed by atoms with Gasteiger partial charge in [0.05, 0.1) is 6.33 Å². The van der Waals surface area contributed by atoms with Gasteiger partial charge >= 0.3 is 0 Å². The number of nitrogens with zero attached hydrogens (tertiary/aromatic N) is 3. The molecule has 19 heavy (non-hydrogen) atoms. The molecule has 7 nitrogen and oxygen atoms in total. The zero-order valence-electron chi connectivity index (χ0n) is 10.6. The molecule has 0 atom stereocenters. The van der Waals surface area contributed by atoms with Crippen molar-refractivity contribution in [3.8, 4) is 0 Å². The van der Waals surface area contributed by atoms with Crippen LogP contribution in [-0.4, -0.2) is 33.6 Å². The van der Waals surface area contributed by atoms with Crippen molar-refractivity contribution < 1.29 is 9.59 Å². The number of amides is 2. The molecule has 0 aromatic carbocycles. The number of hydrazone groups is 1. The SMILES string of the molecule is O=C1CCC(C(=O)NCCCCn2ccnc2)=NN1. The number of rotatable bonds is 6. The molecule has 2 rings (SSSR count). The Balaban J connectivity index is 1.60. The lowest BCUT2D eigenvalue weighted by Crippen LogP contribution is -2.37. The summed E-state index contributed by atoms with van der Waals surface area (Å²) >= 11 is 0. The lowest BCUT2D eigenvalue weighted by molar-refractivity contribution is -0.121. The fraction of sp³-hybridized carbons (Fsp3) is 0.500. The van der Waals surface area contributed by atoms with Gasteiger partial charge in [-0.15, -0.1) is 0 Å². The predicted molar refractivity (Wildman–Crippen MR) is 69.3 cm³/mol. The van der Waals surface area contributed by atoms with E-state index in [1.165, 1.54) is 0 Å². The molecule has 0 unspecified atom stereocenters. The maximum Gasteiger partial charge on any atom is 0.267 e. The first-order valence-corrected chi connectivity index (χ1v) is 6.35. The van der Waals surface area contributed by atoms with E-state index >= 15 is 0 Å². The molecular formula is C12H17N5O2. The molecule has 0 fully saturated rings. The van der Waals surface area contributed by atoms with Crippen LogP contribution in [0.3, 0.4) is 0 Å². The van der Waals surface area contributed by atoms with Crippen LogP contribution in [0.15, 0.2) is 23.8 Å². The van der Waals surface area contributed by atoms with Crippen LogP contribution in [0.1, 0.15) is 25.7 Å². The van der Waals surface area contributed by atoms with Gasteiger partial charge in [0.1, 0.15) is 5.71 Å².